The summed E-state index contributed by atoms with van der Waals surface area (Å²) < 4.78 is 43.1. The first-order chi connectivity index (χ1) is 7.58. The van der Waals surface area contributed by atoms with Gasteiger partial charge in [0.1, 0.15) is 0 Å². The van der Waals surface area contributed by atoms with Crippen LogP contribution in [0.4, 0.5) is 13.2 Å². The standard InChI is InChI=1S/C10H8F3NS2/c11-8-2-1-6(9(12)10(8)13)5-7-3-4-16(15)14-7/h1-2H,3-5H2. The molecule has 0 radical (unpaired) electrons. The molecule has 0 spiro atoms. The van der Waals surface area contributed by atoms with E-state index in [1.165, 1.54) is 6.07 Å². The molecule has 0 saturated carbocycles. The number of halogens is 3. The van der Waals surface area contributed by atoms with Crippen molar-refractivity contribution < 1.29 is 13.2 Å². The minimum absolute atomic E-state index is 0.131. The average Bonchev–Trinajstić information content (AvgIpc) is 2.65. The Morgan fingerprint density at radius 3 is 2.62 bits per heavy atom. The molecule has 16 heavy (non-hydrogen) atoms. The van der Waals surface area contributed by atoms with Gasteiger partial charge in [-0.05, 0) is 38.9 Å². The smallest absolute Gasteiger partial charge is 0.194 e. The summed E-state index contributed by atoms with van der Waals surface area (Å²) in [4.78, 5) is 0. The molecule has 1 aliphatic heterocycles. The molecule has 1 aliphatic rings. The molecule has 0 amide bonds. The number of rotatable bonds is 2. The summed E-state index contributed by atoms with van der Waals surface area (Å²) >= 11 is 4.99. The van der Waals surface area contributed by atoms with E-state index in [0.717, 1.165) is 17.5 Å². The molecule has 0 fully saturated rings. The van der Waals surface area contributed by atoms with E-state index < -0.39 is 27.1 Å². The number of benzene rings is 1. The van der Waals surface area contributed by atoms with Gasteiger partial charge in [0.05, 0.1) is 0 Å². The fraction of sp³-hybridized carbons (Fsp3) is 0.300. The summed E-state index contributed by atoms with van der Waals surface area (Å²) in [5.41, 5.74) is 0.898. The van der Waals surface area contributed by atoms with Gasteiger partial charge in [-0.2, -0.15) is 0 Å². The van der Waals surface area contributed by atoms with Crippen LogP contribution in [0.5, 0.6) is 0 Å². The Hall–Kier alpha value is -0.750. The first-order valence-corrected chi connectivity index (χ1v) is 6.93. The summed E-state index contributed by atoms with van der Waals surface area (Å²) in [7, 11) is -0.412. The first kappa shape index (κ1) is 11.7. The zero-order valence-corrected chi connectivity index (χ0v) is 9.81. The predicted molar refractivity (Wildman–Crippen MR) is 61.7 cm³/mol. The Balaban J connectivity index is 2.26. The van der Waals surface area contributed by atoms with E-state index in [4.69, 9.17) is 11.2 Å². The Morgan fingerprint density at radius 2 is 2.00 bits per heavy atom. The molecule has 1 nitrogen and oxygen atoms in total. The highest BCUT2D eigenvalue weighted by molar-refractivity contribution is 8.28. The molecule has 0 N–H and O–H groups in total. The summed E-state index contributed by atoms with van der Waals surface area (Å²) in [6.45, 7) is 0. The van der Waals surface area contributed by atoms with E-state index in [-0.39, 0.29) is 12.0 Å². The molecular formula is C10H8F3NS2. The second-order valence-electron chi connectivity index (χ2n) is 3.44. The van der Waals surface area contributed by atoms with Crippen molar-refractivity contribution in [3.8, 4) is 0 Å². The molecule has 6 heteroatoms. The molecule has 0 saturated heterocycles. The van der Waals surface area contributed by atoms with Crippen molar-refractivity contribution in [1.29, 1.82) is 0 Å². The fourth-order valence-corrected chi connectivity index (χ4v) is 2.99. The van der Waals surface area contributed by atoms with Gasteiger partial charge in [0.2, 0.25) is 0 Å². The first-order valence-electron chi connectivity index (χ1n) is 4.65. The average molecular weight is 263 g/mol. The molecule has 1 unspecified atom stereocenters. The van der Waals surface area contributed by atoms with Gasteiger partial charge in [-0.3, -0.25) is 0 Å². The zero-order valence-electron chi connectivity index (χ0n) is 8.17. The second kappa shape index (κ2) is 4.63. The Morgan fingerprint density at radius 1 is 1.25 bits per heavy atom. The van der Waals surface area contributed by atoms with E-state index in [9.17, 15) is 13.2 Å². The summed E-state index contributed by atoms with van der Waals surface area (Å²) in [5.74, 6) is -2.93. The molecule has 86 valence electrons. The van der Waals surface area contributed by atoms with E-state index in [1.54, 1.807) is 0 Å². The van der Waals surface area contributed by atoms with Gasteiger partial charge in [0.25, 0.3) is 0 Å². The molecule has 0 aromatic heterocycles. The molecule has 1 atom stereocenters. The molecule has 1 aromatic rings. The minimum atomic E-state index is -1.42. The number of nitrogens with zero attached hydrogens (tertiary/aromatic N) is 1. The van der Waals surface area contributed by atoms with Crippen LogP contribution in [0, 0.1) is 17.5 Å². The molecule has 0 bridgehead atoms. The van der Waals surface area contributed by atoms with Crippen LogP contribution < -0.4 is 0 Å². The van der Waals surface area contributed by atoms with E-state index in [1.807, 2.05) is 0 Å². The quantitative estimate of drug-likeness (QED) is 0.747. The van der Waals surface area contributed by atoms with Gasteiger partial charge in [-0.1, -0.05) is 6.07 Å². The van der Waals surface area contributed by atoms with Crippen molar-refractivity contribution in [2.24, 2.45) is 4.40 Å². The number of hydrogen-bond donors (Lipinski definition) is 0. The minimum Gasteiger partial charge on any atom is -0.222 e. The van der Waals surface area contributed by atoms with Gasteiger partial charge in [-0.25, -0.2) is 17.6 Å². The molecule has 1 heterocycles. The van der Waals surface area contributed by atoms with Crippen molar-refractivity contribution in [1.82, 2.24) is 0 Å². The van der Waals surface area contributed by atoms with Gasteiger partial charge >= 0.3 is 0 Å². The lowest BCUT2D eigenvalue weighted by molar-refractivity contribution is 0.442. The third-order valence-electron chi connectivity index (χ3n) is 2.31. The van der Waals surface area contributed by atoms with Crippen molar-refractivity contribution >= 4 is 26.5 Å². The highest BCUT2D eigenvalue weighted by atomic mass is 32.8. The van der Waals surface area contributed by atoms with Gasteiger partial charge in [0.15, 0.2) is 17.5 Å². The van der Waals surface area contributed by atoms with Crippen LogP contribution in [0.15, 0.2) is 16.5 Å². The number of hydrogen-bond acceptors (Lipinski definition) is 1. The summed E-state index contributed by atoms with van der Waals surface area (Å²) in [6, 6.07) is 2.17. The Bertz CT molecular complexity index is 485. The SMILES string of the molecule is Fc1ccc(CC2=NS(=S)CC2)c(F)c1F. The van der Waals surface area contributed by atoms with Crippen molar-refractivity contribution in [2.45, 2.75) is 12.8 Å². The monoisotopic (exact) mass is 263 g/mol. The summed E-state index contributed by atoms with van der Waals surface area (Å²) in [6.07, 6.45) is 0.925. The predicted octanol–water partition coefficient (Wildman–Crippen LogP) is 2.49. The van der Waals surface area contributed by atoms with Crippen LogP contribution in [0.25, 0.3) is 0 Å². The zero-order chi connectivity index (χ0) is 11.7. The molecule has 2 rings (SSSR count). The molecular weight excluding hydrogens is 255 g/mol. The van der Waals surface area contributed by atoms with E-state index >= 15 is 0 Å². The lowest BCUT2D eigenvalue weighted by Gasteiger charge is -2.03. The van der Waals surface area contributed by atoms with Gasteiger partial charge < -0.3 is 0 Å². The molecule has 0 aliphatic carbocycles. The largest absolute Gasteiger partial charge is 0.222 e. The van der Waals surface area contributed by atoms with Crippen LogP contribution in [0.1, 0.15) is 12.0 Å². The van der Waals surface area contributed by atoms with E-state index in [0.29, 0.717) is 6.42 Å². The van der Waals surface area contributed by atoms with E-state index in [2.05, 4.69) is 4.40 Å². The van der Waals surface area contributed by atoms with Crippen LogP contribution in [0.3, 0.4) is 0 Å². The second-order valence-corrected chi connectivity index (χ2v) is 5.83. The van der Waals surface area contributed by atoms with Crippen LogP contribution in [-0.2, 0) is 27.2 Å². The Labute approximate surface area is 98.1 Å². The normalized spacial score (nSPS) is 19.9. The highest BCUT2D eigenvalue weighted by Gasteiger charge is 2.17. The van der Waals surface area contributed by atoms with Crippen molar-refractivity contribution in [2.75, 3.05) is 5.75 Å². The van der Waals surface area contributed by atoms with Crippen LogP contribution in [-0.4, -0.2) is 11.5 Å². The third-order valence-corrected chi connectivity index (χ3v) is 4.04. The van der Waals surface area contributed by atoms with Crippen molar-refractivity contribution in [3.05, 3.63) is 35.1 Å². The lowest BCUT2D eigenvalue weighted by atomic mass is 10.1. The fourth-order valence-electron chi connectivity index (χ4n) is 1.48. The maximum atomic E-state index is 13.3. The topological polar surface area (TPSA) is 12.4 Å². The lowest BCUT2D eigenvalue weighted by Crippen LogP contribution is -2.04. The third kappa shape index (κ3) is 2.32. The van der Waals surface area contributed by atoms with Crippen LogP contribution in [0.2, 0.25) is 0 Å². The summed E-state index contributed by atoms with van der Waals surface area (Å²) in [5, 5.41) is 0. The maximum absolute atomic E-state index is 13.3. The van der Waals surface area contributed by atoms with Crippen LogP contribution >= 0.6 is 0 Å². The van der Waals surface area contributed by atoms with Crippen molar-refractivity contribution in [3.63, 3.8) is 0 Å². The highest BCUT2D eigenvalue weighted by Crippen LogP contribution is 2.18. The van der Waals surface area contributed by atoms with Gasteiger partial charge in [-0.15, -0.1) is 0 Å². The Kier molecular flexibility index (Phi) is 3.39. The molecule has 1 aromatic carbocycles. The maximum Gasteiger partial charge on any atom is 0.194 e. The van der Waals surface area contributed by atoms with Gasteiger partial charge in [0, 0.05) is 17.9 Å².